The van der Waals surface area contributed by atoms with Crippen molar-refractivity contribution < 1.29 is 9.84 Å². The third-order valence-electron chi connectivity index (χ3n) is 3.47. The Bertz CT molecular complexity index is 377. The summed E-state index contributed by atoms with van der Waals surface area (Å²) < 4.78 is 7.19. The van der Waals surface area contributed by atoms with Crippen LogP contribution in [0.2, 0.25) is 0 Å². The van der Waals surface area contributed by atoms with E-state index in [-0.39, 0.29) is 0 Å². The molecule has 0 radical (unpaired) electrons. The molecule has 1 rings (SSSR count). The lowest BCUT2D eigenvalue weighted by atomic mass is 10.1. The Labute approximate surface area is 122 Å². The third-order valence-corrected chi connectivity index (χ3v) is 3.47. The first-order valence-corrected chi connectivity index (χ1v) is 7.52. The quantitative estimate of drug-likeness (QED) is 0.670. The van der Waals surface area contributed by atoms with Crippen LogP contribution in [0.3, 0.4) is 0 Å². The summed E-state index contributed by atoms with van der Waals surface area (Å²) in [6.07, 6.45) is 6.61. The smallest absolute Gasteiger partial charge is 0.162 e. The van der Waals surface area contributed by atoms with Crippen LogP contribution in [0.15, 0.2) is 6.20 Å². The van der Waals surface area contributed by atoms with Gasteiger partial charge in [-0.05, 0) is 20.5 Å². The Hall–Kier alpha value is -1.07. The van der Waals surface area contributed by atoms with Gasteiger partial charge in [0.1, 0.15) is 5.69 Å². The van der Waals surface area contributed by atoms with Crippen LogP contribution in [0, 0.1) is 0 Å². The molecule has 0 fully saturated rings. The van der Waals surface area contributed by atoms with Crippen LogP contribution in [-0.2, 0) is 6.54 Å². The van der Waals surface area contributed by atoms with Crippen molar-refractivity contribution in [2.45, 2.75) is 51.7 Å². The molecule has 0 aromatic carbocycles. The normalized spacial score (nSPS) is 12.9. The molecule has 0 bridgehead atoms. The molecule has 116 valence electrons. The van der Waals surface area contributed by atoms with E-state index >= 15 is 0 Å². The number of aromatic nitrogens is 2. The second kappa shape index (κ2) is 8.97. The highest BCUT2D eigenvalue weighted by Gasteiger charge is 2.19. The van der Waals surface area contributed by atoms with Gasteiger partial charge in [-0.2, -0.15) is 5.10 Å². The van der Waals surface area contributed by atoms with E-state index in [1.54, 1.807) is 13.3 Å². The van der Waals surface area contributed by atoms with Crippen molar-refractivity contribution in [1.29, 1.82) is 0 Å². The highest BCUT2D eigenvalue weighted by atomic mass is 16.5. The zero-order valence-electron chi connectivity index (χ0n) is 13.3. The van der Waals surface area contributed by atoms with Gasteiger partial charge in [-0.25, -0.2) is 0 Å². The predicted molar refractivity (Wildman–Crippen MR) is 81.1 cm³/mol. The molecule has 0 aliphatic carbocycles. The minimum atomic E-state index is -0.494. The molecular weight excluding hydrogens is 254 g/mol. The molecule has 5 heteroatoms. The van der Waals surface area contributed by atoms with Crippen LogP contribution in [0.25, 0.3) is 0 Å². The van der Waals surface area contributed by atoms with Gasteiger partial charge in [-0.15, -0.1) is 0 Å². The molecule has 0 amide bonds. The molecule has 1 unspecified atom stereocenters. The van der Waals surface area contributed by atoms with Crippen LogP contribution in [0.5, 0.6) is 5.75 Å². The largest absolute Gasteiger partial charge is 0.493 e. The fourth-order valence-electron chi connectivity index (χ4n) is 2.25. The number of unbranched alkanes of at least 4 members (excludes halogenated alkanes) is 3. The summed E-state index contributed by atoms with van der Waals surface area (Å²) in [5, 5.41) is 14.7. The summed E-state index contributed by atoms with van der Waals surface area (Å²) in [6, 6.07) is 0. The fraction of sp³-hybridized carbons (Fsp3) is 0.800. The summed E-state index contributed by atoms with van der Waals surface area (Å²) in [6.45, 7) is 3.84. The molecule has 0 saturated heterocycles. The van der Waals surface area contributed by atoms with Crippen LogP contribution in [-0.4, -0.2) is 47.5 Å². The Morgan fingerprint density at radius 2 is 2.10 bits per heavy atom. The summed E-state index contributed by atoms with van der Waals surface area (Å²) in [5.41, 5.74) is 0.811. The van der Waals surface area contributed by atoms with Gasteiger partial charge >= 0.3 is 0 Å². The van der Waals surface area contributed by atoms with E-state index in [1.807, 2.05) is 18.8 Å². The van der Waals surface area contributed by atoms with Crippen LogP contribution < -0.4 is 4.74 Å². The third kappa shape index (κ3) is 5.13. The van der Waals surface area contributed by atoms with E-state index in [0.717, 1.165) is 31.6 Å². The number of ether oxygens (including phenoxy) is 1. The molecule has 1 aromatic rings. The monoisotopic (exact) mass is 283 g/mol. The van der Waals surface area contributed by atoms with Gasteiger partial charge in [0.05, 0.1) is 26.0 Å². The van der Waals surface area contributed by atoms with E-state index < -0.39 is 6.10 Å². The van der Waals surface area contributed by atoms with Gasteiger partial charge in [0.25, 0.3) is 0 Å². The van der Waals surface area contributed by atoms with Crippen molar-refractivity contribution in [2.75, 3.05) is 27.7 Å². The minimum Gasteiger partial charge on any atom is -0.493 e. The molecule has 0 aliphatic heterocycles. The summed E-state index contributed by atoms with van der Waals surface area (Å²) in [4.78, 5) is 2.10. The van der Waals surface area contributed by atoms with E-state index in [2.05, 4.69) is 16.9 Å². The second-order valence-corrected chi connectivity index (χ2v) is 5.49. The van der Waals surface area contributed by atoms with E-state index in [0.29, 0.717) is 5.75 Å². The van der Waals surface area contributed by atoms with Crippen LogP contribution in [0.4, 0.5) is 0 Å². The molecule has 0 saturated carbocycles. The van der Waals surface area contributed by atoms with Gasteiger partial charge in [0.2, 0.25) is 0 Å². The van der Waals surface area contributed by atoms with E-state index in [4.69, 9.17) is 4.74 Å². The standard InChI is InChI=1S/C15H29N3O2/c1-5-6-7-8-9-13(19)15-14(20-4)12-16-18(15)11-10-17(2)3/h12-13,19H,5-11H2,1-4H3. The molecule has 0 aliphatic rings. The number of likely N-dealkylation sites (N-methyl/N-ethyl adjacent to an activating group) is 1. The number of aliphatic hydroxyl groups is 1. The van der Waals surface area contributed by atoms with Crippen molar-refractivity contribution in [1.82, 2.24) is 14.7 Å². The first-order chi connectivity index (χ1) is 9.60. The number of rotatable bonds is 10. The van der Waals surface area contributed by atoms with E-state index in [9.17, 15) is 5.11 Å². The summed E-state index contributed by atoms with van der Waals surface area (Å²) >= 11 is 0. The molecule has 0 spiro atoms. The molecule has 1 heterocycles. The molecule has 20 heavy (non-hydrogen) atoms. The maximum absolute atomic E-state index is 10.4. The summed E-state index contributed by atoms with van der Waals surface area (Å²) in [7, 11) is 5.68. The van der Waals surface area contributed by atoms with Gasteiger partial charge < -0.3 is 14.7 Å². The number of aliphatic hydroxyl groups excluding tert-OH is 1. The first kappa shape index (κ1) is 17.0. The molecule has 5 nitrogen and oxygen atoms in total. The lowest BCUT2D eigenvalue weighted by Gasteiger charge is -2.16. The number of nitrogens with zero attached hydrogens (tertiary/aromatic N) is 3. The molecule has 1 aromatic heterocycles. The zero-order chi connectivity index (χ0) is 15.0. The Kier molecular flexibility index (Phi) is 7.62. The maximum Gasteiger partial charge on any atom is 0.162 e. The second-order valence-electron chi connectivity index (χ2n) is 5.49. The molecular formula is C15H29N3O2. The predicted octanol–water partition coefficient (Wildman–Crippen LogP) is 2.46. The van der Waals surface area contributed by atoms with E-state index in [1.165, 1.54) is 19.3 Å². The van der Waals surface area contributed by atoms with Crippen LogP contribution >= 0.6 is 0 Å². The highest BCUT2D eigenvalue weighted by molar-refractivity contribution is 5.27. The van der Waals surface area contributed by atoms with Crippen LogP contribution in [0.1, 0.15) is 50.8 Å². The Morgan fingerprint density at radius 1 is 1.35 bits per heavy atom. The summed E-state index contributed by atoms with van der Waals surface area (Å²) in [5.74, 6) is 0.687. The SMILES string of the molecule is CCCCCCC(O)c1c(OC)cnn1CCN(C)C. The van der Waals surface area contributed by atoms with Gasteiger partial charge in [-0.3, -0.25) is 4.68 Å². The van der Waals surface area contributed by atoms with Gasteiger partial charge in [-0.1, -0.05) is 32.6 Å². The maximum atomic E-state index is 10.4. The topological polar surface area (TPSA) is 50.5 Å². The van der Waals surface area contributed by atoms with Crippen molar-refractivity contribution in [2.24, 2.45) is 0 Å². The number of methoxy groups -OCH3 is 1. The lowest BCUT2D eigenvalue weighted by Crippen LogP contribution is -2.21. The molecule has 1 N–H and O–H groups in total. The lowest BCUT2D eigenvalue weighted by molar-refractivity contribution is 0.147. The minimum absolute atomic E-state index is 0.494. The van der Waals surface area contributed by atoms with Crippen molar-refractivity contribution >= 4 is 0 Å². The van der Waals surface area contributed by atoms with Crippen molar-refractivity contribution in [3.8, 4) is 5.75 Å². The van der Waals surface area contributed by atoms with Crippen molar-refractivity contribution in [3.05, 3.63) is 11.9 Å². The number of hydrogen-bond donors (Lipinski definition) is 1. The van der Waals surface area contributed by atoms with Gasteiger partial charge in [0, 0.05) is 6.54 Å². The Morgan fingerprint density at radius 3 is 2.70 bits per heavy atom. The highest BCUT2D eigenvalue weighted by Crippen LogP contribution is 2.28. The fourth-order valence-corrected chi connectivity index (χ4v) is 2.25. The number of hydrogen-bond acceptors (Lipinski definition) is 4. The average Bonchev–Trinajstić information content (AvgIpc) is 2.84. The van der Waals surface area contributed by atoms with Crippen molar-refractivity contribution in [3.63, 3.8) is 0 Å². The zero-order valence-corrected chi connectivity index (χ0v) is 13.3. The van der Waals surface area contributed by atoms with Gasteiger partial charge in [0.15, 0.2) is 5.75 Å². The first-order valence-electron chi connectivity index (χ1n) is 7.52. The molecule has 1 atom stereocenters. The average molecular weight is 283 g/mol. The Balaban J connectivity index is 2.66.